The molecule has 0 spiro atoms. The summed E-state index contributed by atoms with van der Waals surface area (Å²) < 4.78 is 41.2. The molecule has 1 heterocycles. The maximum atomic E-state index is 13.4. The third kappa shape index (κ3) is 3.46. The number of hydrogen-bond acceptors (Lipinski definition) is 3. The average molecular weight is 372 g/mol. The molecule has 2 aromatic rings. The van der Waals surface area contributed by atoms with Crippen LogP contribution in [0, 0.1) is 5.41 Å². The third-order valence-electron chi connectivity index (χ3n) is 3.76. The summed E-state index contributed by atoms with van der Waals surface area (Å²) in [5.41, 5.74) is 4.47. The number of carbonyl (C=O) groups excluding carboxylic acids is 1. The molecule has 1 aliphatic carbocycles. The van der Waals surface area contributed by atoms with E-state index in [2.05, 4.69) is 10.4 Å². The number of benzene rings is 1. The van der Waals surface area contributed by atoms with Crippen LogP contribution in [0.25, 0.3) is 5.69 Å². The number of halogens is 4. The molecule has 0 bridgehead atoms. The van der Waals surface area contributed by atoms with Crippen LogP contribution in [-0.2, 0) is 6.18 Å². The lowest BCUT2D eigenvalue weighted by Crippen LogP contribution is -2.36. The number of nitrogens with two attached hydrogens (primary N) is 1. The van der Waals surface area contributed by atoms with Crippen LogP contribution < -0.4 is 11.1 Å². The van der Waals surface area contributed by atoms with Crippen molar-refractivity contribution in [3.63, 3.8) is 0 Å². The van der Waals surface area contributed by atoms with Gasteiger partial charge >= 0.3 is 6.18 Å². The van der Waals surface area contributed by atoms with Gasteiger partial charge in [0.15, 0.2) is 5.96 Å². The predicted octanol–water partition coefficient (Wildman–Crippen LogP) is 3.05. The fourth-order valence-electron chi connectivity index (χ4n) is 2.58. The van der Waals surface area contributed by atoms with Gasteiger partial charge in [0.25, 0.3) is 5.91 Å². The average Bonchev–Trinajstić information content (AvgIpc) is 3.24. The first kappa shape index (κ1) is 17.3. The van der Waals surface area contributed by atoms with Gasteiger partial charge in [-0.3, -0.25) is 15.5 Å². The van der Waals surface area contributed by atoms with Gasteiger partial charge in [0.05, 0.1) is 28.7 Å². The topological polar surface area (TPSA) is 96.8 Å². The number of rotatable bonds is 3. The van der Waals surface area contributed by atoms with Gasteiger partial charge < -0.3 is 5.73 Å². The van der Waals surface area contributed by atoms with Crippen molar-refractivity contribution >= 4 is 23.5 Å². The molecule has 1 aromatic heterocycles. The highest BCUT2D eigenvalue weighted by Crippen LogP contribution is 2.44. The van der Waals surface area contributed by atoms with Crippen LogP contribution in [0.4, 0.5) is 13.2 Å². The summed E-state index contributed by atoms with van der Waals surface area (Å²) in [6.45, 7) is 0. The molecule has 10 heteroatoms. The molecule has 3 rings (SSSR count). The quantitative estimate of drug-likeness (QED) is 0.571. The Hall–Kier alpha value is -2.55. The zero-order chi connectivity index (χ0) is 18.4. The third-order valence-corrected chi connectivity index (χ3v) is 3.99. The molecule has 0 aliphatic heterocycles. The lowest BCUT2D eigenvalue weighted by Gasteiger charge is -2.16. The molecule has 132 valence electrons. The number of nitrogens with zero attached hydrogens (tertiary/aromatic N) is 2. The van der Waals surface area contributed by atoms with E-state index in [1.807, 2.05) is 0 Å². The summed E-state index contributed by atoms with van der Waals surface area (Å²) in [6.07, 6.45) is -1.97. The Balaban J connectivity index is 2.15. The van der Waals surface area contributed by atoms with Crippen LogP contribution in [0.1, 0.15) is 40.4 Å². The molecule has 1 amide bonds. The fraction of sp³-hybridized carbons (Fsp3) is 0.267. The van der Waals surface area contributed by atoms with Gasteiger partial charge in [0.1, 0.15) is 0 Å². The van der Waals surface area contributed by atoms with E-state index in [0.717, 1.165) is 23.6 Å². The second kappa shape index (κ2) is 6.07. The van der Waals surface area contributed by atoms with Crippen LogP contribution in [0.5, 0.6) is 0 Å². The first-order valence-electron chi connectivity index (χ1n) is 7.29. The minimum atomic E-state index is -4.63. The van der Waals surface area contributed by atoms with Crippen molar-refractivity contribution in [1.82, 2.24) is 15.1 Å². The minimum absolute atomic E-state index is 0.0502. The van der Waals surface area contributed by atoms with Crippen LogP contribution in [0.2, 0.25) is 5.02 Å². The van der Waals surface area contributed by atoms with Crippen molar-refractivity contribution in [2.75, 3.05) is 0 Å². The van der Waals surface area contributed by atoms with E-state index in [-0.39, 0.29) is 22.2 Å². The number of alkyl halides is 3. The van der Waals surface area contributed by atoms with Gasteiger partial charge in [-0.25, -0.2) is 4.68 Å². The summed E-state index contributed by atoms with van der Waals surface area (Å²) in [5.74, 6) is -1.31. The number of amides is 1. The van der Waals surface area contributed by atoms with E-state index >= 15 is 0 Å². The molecule has 0 atom stereocenters. The summed E-state index contributed by atoms with van der Waals surface area (Å²) >= 11 is 5.71. The Morgan fingerprint density at radius 3 is 2.64 bits per heavy atom. The highest BCUT2D eigenvalue weighted by atomic mass is 35.5. The van der Waals surface area contributed by atoms with Crippen molar-refractivity contribution in [3.05, 3.63) is 46.2 Å². The normalized spacial score (nSPS) is 14.4. The summed E-state index contributed by atoms with van der Waals surface area (Å²) in [7, 11) is 0. The van der Waals surface area contributed by atoms with Crippen LogP contribution in [0.3, 0.4) is 0 Å². The van der Waals surface area contributed by atoms with Crippen molar-refractivity contribution in [1.29, 1.82) is 5.41 Å². The van der Waals surface area contributed by atoms with Crippen molar-refractivity contribution in [2.45, 2.75) is 24.9 Å². The molecule has 1 saturated carbocycles. The van der Waals surface area contributed by atoms with Crippen LogP contribution in [0.15, 0.2) is 24.4 Å². The Kier molecular flexibility index (Phi) is 4.19. The molecule has 1 fully saturated rings. The molecule has 6 nitrogen and oxygen atoms in total. The molecular weight excluding hydrogens is 359 g/mol. The van der Waals surface area contributed by atoms with Crippen molar-refractivity contribution in [3.8, 4) is 5.69 Å². The van der Waals surface area contributed by atoms with Gasteiger partial charge in [-0.1, -0.05) is 11.6 Å². The largest absolute Gasteiger partial charge is 0.418 e. The van der Waals surface area contributed by atoms with E-state index < -0.39 is 23.6 Å². The van der Waals surface area contributed by atoms with E-state index in [9.17, 15) is 18.0 Å². The summed E-state index contributed by atoms with van der Waals surface area (Å²) in [5, 5.41) is 13.2. The van der Waals surface area contributed by atoms with Crippen LogP contribution in [-0.4, -0.2) is 21.6 Å². The Morgan fingerprint density at radius 1 is 1.40 bits per heavy atom. The van der Waals surface area contributed by atoms with E-state index in [1.54, 1.807) is 0 Å². The smallest absolute Gasteiger partial charge is 0.370 e. The van der Waals surface area contributed by atoms with E-state index in [4.69, 9.17) is 22.7 Å². The monoisotopic (exact) mass is 371 g/mol. The molecule has 0 saturated heterocycles. The van der Waals surface area contributed by atoms with Crippen molar-refractivity contribution < 1.29 is 18.0 Å². The zero-order valence-corrected chi connectivity index (χ0v) is 13.4. The molecule has 1 aliphatic rings. The lowest BCUT2D eigenvalue weighted by molar-refractivity contribution is -0.137. The second-order valence-electron chi connectivity index (χ2n) is 5.66. The van der Waals surface area contributed by atoms with Gasteiger partial charge in [0, 0.05) is 10.9 Å². The number of guanidine groups is 1. The zero-order valence-electron chi connectivity index (χ0n) is 12.7. The SMILES string of the molecule is N=C(N)NC(=O)c1cnn(-c2ccc(Cl)cc2C(F)(F)F)c1C1CC1. The highest BCUT2D eigenvalue weighted by molar-refractivity contribution is 6.30. The Labute approximate surface area is 145 Å². The van der Waals surface area contributed by atoms with Gasteiger partial charge in [-0.05, 0) is 31.0 Å². The fourth-order valence-corrected chi connectivity index (χ4v) is 2.76. The molecule has 25 heavy (non-hydrogen) atoms. The predicted molar refractivity (Wildman–Crippen MR) is 84.9 cm³/mol. The van der Waals surface area contributed by atoms with Gasteiger partial charge in [0.2, 0.25) is 0 Å². The molecule has 4 N–H and O–H groups in total. The molecular formula is C15H13ClF3N5O. The number of hydrogen-bond donors (Lipinski definition) is 3. The van der Waals surface area contributed by atoms with Crippen LogP contribution >= 0.6 is 11.6 Å². The second-order valence-corrected chi connectivity index (χ2v) is 6.09. The molecule has 0 unspecified atom stereocenters. The Morgan fingerprint density at radius 2 is 2.08 bits per heavy atom. The van der Waals surface area contributed by atoms with E-state index in [1.165, 1.54) is 18.3 Å². The lowest BCUT2D eigenvalue weighted by atomic mass is 10.1. The highest BCUT2D eigenvalue weighted by Gasteiger charge is 2.38. The summed E-state index contributed by atoms with van der Waals surface area (Å²) in [6, 6.07) is 3.38. The number of aromatic nitrogens is 2. The minimum Gasteiger partial charge on any atom is -0.370 e. The first-order valence-corrected chi connectivity index (χ1v) is 7.66. The van der Waals surface area contributed by atoms with E-state index in [0.29, 0.717) is 5.69 Å². The molecule has 0 radical (unpaired) electrons. The number of carbonyl (C=O) groups is 1. The maximum absolute atomic E-state index is 13.4. The summed E-state index contributed by atoms with van der Waals surface area (Å²) in [4.78, 5) is 12.2. The Bertz CT molecular complexity index is 857. The maximum Gasteiger partial charge on any atom is 0.418 e. The molecule has 1 aromatic carbocycles. The number of nitrogens with one attached hydrogen (secondary N) is 2. The van der Waals surface area contributed by atoms with Crippen molar-refractivity contribution in [2.24, 2.45) is 5.73 Å². The first-order chi connectivity index (χ1) is 11.7. The standard InChI is InChI=1S/C15H13ClF3N5O/c16-8-3-4-11(10(5-8)15(17,18)19)24-12(7-1-2-7)9(6-22-24)13(25)23-14(20)21/h3-7H,1-2H2,(H4,20,21,23,25). The van der Waals surface area contributed by atoms with Gasteiger partial charge in [-0.15, -0.1) is 0 Å². The van der Waals surface area contributed by atoms with Gasteiger partial charge in [-0.2, -0.15) is 18.3 Å².